The van der Waals surface area contributed by atoms with Crippen LogP contribution in [-0.2, 0) is 0 Å². The lowest BCUT2D eigenvalue weighted by Gasteiger charge is -2.11. The SMILES string of the molecule is Cc1ccc(Br)cc1NC(=O)c1nc[nH]c1C(=O)Nc1nc2c(OCCN(C)C)cccc2[nH]1. The zero-order valence-corrected chi connectivity index (χ0v) is 20.5. The molecule has 4 aromatic rings. The van der Waals surface area contributed by atoms with Crippen LogP contribution in [0.5, 0.6) is 5.75 Å². The number of aromatic nitrogens is 4. The first-order chi connectivity index (χ1) is 16.3. The van der Waals surface area contributed by atoms with E-state index in [4.69, 9.17) is 4.74 Å². The molecular weight excluding hydrogens is 502 g/mol. The first kappa shape index (κ1) is 23.5. The van der Waals surface area contributed by atoms with Gasteiger partial charge in [0.2, 0.25) is 5.95 Å². The van der Waals surface area contributed by atoms with Crippen LogP contribution < -0.4 is 15.4 Å². The van der Waals surface area contributed by atoms with Crippen molar-refractivity contribution in [1.82, 2.24) is 24.8 Å². The fourth-order valence-electron chi connectivity index (χ4n) is 3.24. The van der Waals surface area contributed by atoms with Crippen LogP contribution in [-0.4, -0.2) is 63.9 Å². The van der Waals surface area contributed by atoms with Gasteiger partial charge in [-0.05, 0) is 50.8 Å². The van der Waals surface area contributed by atoms with Gasteiger partial charge in [0.05, 0.1) is 11.8 Å². The molecule has 2 aromatic carbocycles. The highest BCUT2D eigenvalue weighted by atomic mass is 79.9. The lowest BCUT2D eigenvalue weighted by molar-refractivity contribution is 0.0985. The van der Waals surface area contributed by atoms with Gasteiger partial charge in [0, 0.05) is 16.7 Å². The Labute approximate surface area is 204 Å². The van der Waals surface area contributed by atoms with E-state index in [9.17, 15) is 9.59 Å². The molecule has 0 atom stereocenters. The van der Waals surface area contributed by atoms with Crippen LogP contribution >= 0.6 is 15.9 Å². The average Bonchev–Trinajstić information content (AvgIpc) is 3.43. The second-order valence-electron chi connectivity index (χ2n) is 7.88. The van der Waals surface area contributed by atoms with Crippen LogP contribution in [0.2, 0.25) is 0 Å². The van der Waals surface area contributed by atoms with Gasteiger partial charge >= 0.3 is 0 Å². The quantitative estimate of drug-likeness (QED) is 0.277. The Morgan fingerprint density at radius 1 is 1.15 bits per heavy atom. The predicted octanol–water partition coefficient (Wildman–Crippen LogP) is 3.80. The third-order valence-corrected chi connectivity index (χ3v) is 5.53. The van der Waals surface area contributed by atoms with E-state index in [1.807, 2.05) is 56.3 Å². The first-order valence-electron chi connectivity index (χ1n) is 10.5. The second kappa shape index (κ2) is 10.1. The van der Waals surface area contributed by atoms with Crippen molar-refractivity contribution >= 4 is 50.4 Å². The van der Waals surface area contributed by atoms with E-state index >= 15 is 0 Å². The Morgan fingerprint density at radius 3 is 2.76 bits per heavy atom. The summed E-state index contributed by atoms with van der Waals surface area (Å²) in [6.07, 6.45) is 1.30. The normalized spacial score (nSPS) is 11.1. The molecule has 0 saturated heterocycles. The molecular formula is C23H24BrN7O3. The van der Waals surface area contributed by atoms with Crippen LogP contribution in [0.25, 0.3) is 11.0 Å². The number of aromatic amines is 2. The van der Waals surface area contributed by atoms with Gasteiger partial charge in [0.15, 0.2) is 5.69 Å². The summed E-state index contributed by atoms with van der Waals surface area (Å²) in [5, 5.41) is 5.48. The summed E-state index contributed by atoms with van der Waals surface area (Å²) < 4.78 is 6.66. The smallest absolute Gasteiger partial charge is 0.276 e. The van der Waals surface area contributed by atoms with Crippen LogP contribution in [0.4, 0.5) is 11.6 Å². The van der Waals surface area contributed by atoms with Gasteiger partial charge in [-0.2, -0.15) is 0 Å². The molecule has 4 N–H and O–H groups in total. The van der Waals surface area contributed by atoms with E-state index in [0.29, 0.717) is 29.1 Å². The van der Waals surface area contributed by atoms with Crippen molar-refractivity contribution in [3.05, 3.63) is 64.1 Å². The minimum Gasteiger partial charge on any atom is -0.490 e. The van der Waals surface area contributed by atoms with Crippen molar-refractivity contribution in [1.29, 1.82) is 0 Å². The fraction of sp³-hybridized carbons (Fsp3) is 0.217. The molecule has 2 amide bonds. The summed E-state index contributed by atoms with van der Waals surface area (Å²) in [6.45, 7) is 3.14. The molecule has 2 heterocycles. The van der Waals surface area contributed by atoms with Gasteiger partial charge in [0.1, 0.15) is 23.6 Å². The molecule has 176 valence electrons. The van der Waals surface area contributed by atoms with Crippen LogP contribution in [0.1, 0.15) is 26.5 Å². The molecule has 0 aliphatic carbocycles. The monoisotopic (exact) mass is 525 g/mol. The van der Waals surface area contributed by atoms with E-state index in [0.717, 1.165) is 16.6 Å². The molecule has 34 heavy (non-hydrogen) atoms. The largest absolute Gasteiger partial charge is 0.490 e. The summed E-state index contributed by atoms with van der Waals surface area (Å²) >= 11 is 3.39. The third kappa shape index (κ3) is 5.26. The lowest BCUT2D eigenvalue weighted by atomic mass is 10.2. The van der Waals surface area contributed by atoms with Crippen molar-refractivity contribution in [3.63, 3.8) is 0 Å². The Balaban J connectivity index is 1.50. The molecule has 0 spiro atoms. The number of H-pyrrole nitrogens is 2. The molecule has 0 aliphatic heterocycles. The summed E-state index contributed by atoms with van der Waals surface area (Å²) in [7, 11) is 3.94. The molecule has 11 heteroatoms. The Hall–Kier alpha value is -3.70. The van der Waals surface area contributed by atoms with Crippen LogP contribution in [0.15, 0.2) is 47.2 Å². The van der Waals surface area contributed by atoms with Crippen molar-refractivity contribution in [2.45, 2.75) is 6.92 Å². The van der Waals surface area contributed by atoms with Gasteiger partial charge in [-0.15, -0.1) is 0 Å². The van der Waals surface area contributed by atoms with E-state index in [2.05, 4.69) is 46.5 Å². The zero-order valence-electron chi connectivity index (χ0n) is 18.9. The highest BCUT2D eigenvalue weighted by Crippen LogP contribution is 2.25. The molecule has 0 saturated carbocycles. The van der Waals surface area contributed by atoms with Gasteiger partial charge in [-0.1, -0.05) is 28.1 Å². The van der Waals surface area contributed by atoms with Crippen molar-refractivity contribution < 1.29 is 14.3 Å². The molecule has 0 unspecified atom stereocenters. The number of anilines is 2. The number of ether oxygens (including phenoxy) is 1. The summed E-state index contributed by atoms with van der Waals surface area (Å²) in [4.78, 5) is 42.0. The Bertz CT molecular complexity index is 1350. The average molecular weight is 526 g/mol. The molecule has 2 aromatic heterocycles. The Morgan fingerprint density at radius 2 is 1.97 bits per heavy atom. The van der Waals surface area contributed by atoms with Crippen molar-refractivity contribution in [2.24, 2.45) is 0 Å². The number of imidazole rings is 2. The Kier molecular flexibility index (Phi) is 6.94. The van der Waals surface area contributed by atoms with Gasteiger partial charge in [-0.25, -0.2) is 9.97 Å². The summed E-state index contributed by atoms with van der Waals surface area (Å²) in [5.74, 6) is -0.217. The van der Waals surface area contributed by atoms with Crippen molar-refractivity contribution in [2.75, 3.05) is 37.9 Å². The maximum atomic E-state index is 12.9. The highest BCUT2D eigenvalue weighted by Gasteiger charge is 2.22. The number of carbonyl (C=O) groups is 2. The number of para-hydroxylation sites is 1. The highest BCUT2D eigenvalue weighted by molar-refractivity contribution is 9.10. The van der Waals surface area contributed by atoms with Crippen LogP contribution in [0.3, 0.4) is 0 Å². The minimum absolute atomic E-state index is 0.0214. The first-order valence-corrected chi connectivity index (χ1v) is 11.3. The number of likely N-dealkylation sites (N-methyl/N-ethyl adjacent to an activating group) is 1. The van der Waals surface area contributed by atoms with Gasteiger partial charge in [0.25, 0.3) is 11.8 Å². The van der Waals surface area contributed by atoms with E-state index < -0.39 is 11.8 Å². The number of hydrogen-bond acceptors (Lipinski definition) is 6. The molecule has 10 nitrogen and oxygen atoms in total. The standard InChI is InChI=1S/C23H24BrN7O3/c1-13-7-8-14(24)11-16(13)27-21(32)19-20(26-12-25-19)22(33)30-23-28-15-5-4-6-17(18(15)29-23)34-10-9-31(2)3/h4-8,11-12H,9-10H2,1-3H3,(H,25,26)(H,27,32)(H2,28,29,30,33). The number of halogens is 1. The van der Waals surface area contributed by atoms with Gasteiger partial charge < -0.3 is 24.9 Å². The number of nitrogens with one attached hydrogen (secondary N) is 4. The fourth-order valence-corrected chi connectivity index (χ4v) is 3.60. The summed E-state index contributed by atoms with van der Waals surface area (Å²) in [6, 6.07) is 11.0. The molecule has 0 fully saturated rings. The number of benzene rings is 2. The van der Waals surface area contributed by atoms with E-state index in [-0.39, 0.29) is 17.3 Å². The van der Waals surface area contributed by atoms with Crippen LogP contribution in [0, 0.1) is 6.92 Å². The molecule has 0 bridgehead atoms. The molecule has 0 radical (unpaired) electrons. The lowest BCUT2D eigenvalue weighted by Crippen LogP contribution is -2.21. The number of carbonyl (C=O) groups excluding carboxylic acids is 2. The molecule has 4 rings (SSSR count). The van der Waals surface area contributed by atoms with Crippen molar-refractivity contribution in [3.8, 4) is 5.75 Å². The number of nitrogens with zero attached hydrogens (tertiary/aromatic N) is 3. The summed E-state index contributed by atoms with van der Waals surface area (Å²) in [5.41, 5.74) is 2.81. The third-order valence-electron chi connectivity index (χ3n) is 5.03. The number of aryl methyl sites for hydroxylation is 1. The molecule has 0 aliphatic rings. The van der Waals surface area contributed by atoms with E-state index in [1.165, 1.54) is 6.33 Å². The predicted molar refractivity (Wildman–Crippen MR) is 134 cm³/mol. The number of fused-ring (bicyclic) bond motifs is 1. The van der Waals surface area contributed by atoms with E-state index in [1.54, 1.807) is 6.07 Å². The minimum atomic E-state index is -0.553. The zero-order chi connectivity index (χ0) is 24.2. The number of rotatable bonds is 8. The second-order valence-corrected chi connectivity index (χ2v) is 8.80. The maximum Gasteiger partial charge on any atom is 0.276 e. The maximum absolute atomic E-state index is 12.9. The number of amides is 2. The topological polar surface area (TPSA) is 128 Å². The van der Waals surface area contributed by atoms with Gasteiger partial charge in [-0.3, -0.25) is 14.9 Å². The number of hydrogen-bond donors (Lipinski definition) is 4.